The zero-order valence-electron chi connectivity index (χ0n) is 19.8. The summed E-state index contributed by atoms with van der Waals surface area (Å²) in [5.41, 5.74) is 2.38. The van der Waals surface area contributed by atoms with Crippen molar-refractivity contribution in [1.82, 2.24) is 0 Å². The van der Waals surface area contributed by atoms with Gasteiger partial charge in [0.15, 0.2) is 11.5 Å². The molecule has 176 valence electrons. The van der Waals surface area contributed by atoms with Gasteiger partial charge in [0, 0.05) is 11.6 Å². The van der Waals surface area contributed by atoms with Crippen LogP contribution in [0.1, 0.15) is 42.3 Å². The summed E-state index contributed by atoms with van der Waals surface area (Å²) in [6.07, 6.45) is 4.73. The zero-order valence-corrected chi connectivity index (χ0v) is 19.8. The monoisotopic (exact) mass is 463 g/mol. The number of Topliss-reactive ketones (excluding diaryl/α,β-unsaturated/α-hetero) is 1. The number of carbonyl (C=O) groups is 3. The third kappa shape index (κ3) is 3.71. The van der Waals surface area contributed by atoms with Crippen molar-refractivity contribution in [2.75, 3.05) is 26.2 Å². The van der Waals surface area contributed by atoms with E-state index < -0.39 is 23.2 Å². The van der Waals surface area contributed by atoms with Gasteiger partial charge in [0.2, 0.25) is 5.75 Å². The number of ketones is 1. The topological polar surface area (TPSA) is 91.4 Å². The second kappa shape index (κ2) is 8.37. The van der Waals surface area contributed by atoms with Crippen molar-refractivity contribution in [3.63, 3.8) is 0 Å². The molecule has 0 atom stereocenters. The number of anilines is 1. The molecule has 0 unspecified atom stereocenters. The molecular weight excluding hydrogens is 438 g/mol. The summed E-state index contributed by atoms with van der Waals surface area (Å²) in [6.45, 7) is 5.65. The summed E-state index contributed by atoms with van der Waals surface area (Å²) in [4.78, 5) is 39.4. The van der Waals surface area contributed by atoms with Crippen LogP contribution in [-0.4, -0.2) is 44.5 Å². The molecule has 0 spiro atoms. The summed E-state index contributed by atoms with van der Waals surface area (Å²) < 4.78 is 21.4. The molecule has 34 heavy (non-hydrogen) atoms. The first kappa shape index (κ1) is 23.1. The first-order valence-electron chi connectivity index (χ1n) is 10.6. The number of hydrogen-bond donors (Lipinski definition) is 0. The normalized spacial score (nSPS) is 15.8. The van der Waals surface area contributed by atoms with Crippen LogP contribution >= 0.6 is 0 Å². The Morgan fingerprint density at radius 1 is 0.941 bits per heavy atom. The van der Waals surface area contributed by atoms with Crippen LogP contribution in [0.2, 0.25) is 0 Å². The van der Waals surface area contributed by atoms with Gasteiger partial charge in [-0.3, -0.25) is 14.5 Å². The van der Waals surface area contributed by atoms with E-state index in [0.717, 1.165) is 5.57 Å². The Hall–Kier alpha value is -4.07. The Morgan fingerprint density at radius 3 is 2.15 bits per heavy atom. The van der Waals surface area contributed by atoms with Crippen molar-refractivity contribution in [2.45, 2.75) is 26.3 Å². The third-order valence-electron chi connectivity index (χ3n) is 5.84. The maximum Gasteiger partial charge on any atom is 0.336 e. The van der Waals surface area contributed by atoms with Crippen LogP contribution in [0.3, 0.4) is 0 Å². The lowest BCUT2D eigenvalue weighted by molar-refractivity contribution is -0.128. The van der Waals surface area contributed by atoms with Gasteiger partial charge in [-0.1, -0.05) is 6.08 Å². The minimum absolute atomic E-state index is 0.184. The molecule has 0 aromatic heterocycles. The van der Waals surface area contributed by atoms with Gasteiger partial charge in [0.25, 0.3) is 11.7 Å². The summed E-state index contributed by atoms with van der Waals surface area (Å²) in [7, 11) is 4.51. The highest BCUT2D eigenvalue weighted by Gasteiger charge is 2.47. The fourth-order valence-electron chi connectivity index (χ4n) is 4.43. The molecule has 2 aromatic rings. The first-order chi connectivity index (χ1) is 16.1. The maximum absolute atomic E-state index is 12.7. The van der Waals surface area contributed by atoms with Crippen LogP contribution in [0.15, 0.2) is 36.4 Å². The number of methoxy groups -OCH3 is 3. The predicted molar refractivity (Wildman–Crippen MR) is 127 cm³/mol. The fourth-order valence-corrected chi connectivity index (χ4v) is 4.43. The molecule has 0 saturated heterocycles. The van der Waals surface area contributed by atoms with E-state index in [4.69, 9.17) is 18.9 Å². The number of rotatable bonds is 6. The Bertz CT molecular complexity index is 1260. The first-order valence-corrected chi connectivity index (χ1v) is 10.6. The van der Waals surface area contributed by atoms with E-state index in [0.29, 0.717) is 34.1 Å². The Kier molecular flexibility index (Phi) is 5.69. The number of carbonyl (C=O) groups excluding carboxylic acids is 3. The Labute approximate surface area is 197 Å². The molecule has 2 aliphatic rings. The minimum Gasteiger partial charge on any atom is -0.493 e. The molecule has 2 aromatic carbocycles. The molecule has 0 saturated carbocycles. The van der Waals surface area contributed by atoms with Gasteiger partial charge in [0.05, 0.1) is 38.1 Å². The van der Waals surface area contributed by atoms with E-state index in [1.165, 1.54) is 38.4 Å². The zero-order chi connectivity index (χ0) is 24.8. The summed E-state index contributed by atoms with van der Waals surface area (Å²) in [5, 5.41) is 0. The van der Waals surface area contributed by atoms with Crippen LogP contribution in [0.5, 0.6) is 23.0 Å². The number of amides is 1. The van der Waals surface area contributed by atoms with E-state index in [1.807, 2.05) is 26.8 Å². The van der Waals surface area contributed by atoms with Gasteiger partial charge in [-0.2, -0.15) is 0 Å². The van der Waals surface area contributed by atoms with Gasteiger partial charge in [-0.15, -0.1) is 0 Å². The van der Waals surface area contributed by atoms with Crippen LogP contribution in [0.25, 0.3) is 11.6 Å². The smallest absolute Gasteiger partial charge is 0.336 e. The van der Waals surface area contributed by atoms with Crippen molar-refractivity contribution in [3.8, 4) is 23.0 Å². The molecule has 1 amide bonds. The second-order valence-corrected chi connectivity index (χ2v) is 8.53. The van der Waals surface area contributed by atoms with Crippen molar-refractivity contribution < 1.29 is 33.3 Å². The van der Waals surface area contributed by atoms with E-state index in [9.17, 15) is 14.4 Å². The highest BCUT2D eigenvalue weighted by atomic mass is 16.5. The largest absolute Gasteiger partial charge is 0.493 e. The van der Waals surface area contributed by atoms with Crippen LogP contribution < -0.4 is 23.8 Å². The highest BCUT2D eigenvalue weighted by Crippen LogP contribution is 2.47. The molecule has 2 aliphatic heterocycles. The van der Waals surface area contributed by atoms with Gasteiger partial charge in [-0.25, -0.2) is 4.79 Å². The Morgan fingerprint density at radius 2 is 1.56 bits per heavy atom. The van der Waals surface area contributed by atoms with Crippen LogP contribution in [-0.2, 0) is 9.59 Å². The molecule has 0 fully saturated rings. The van der Waals surface area contributed by atoms with Crippen molar-refractivity contribution in [2.24, 2.45) is 0 Å². The van der Waals surface area contributed by atoms with Crippen molar-refractivity contribution in [1.29, 1.82) is 0 Å². The number of nitrogens with zero attached hydrogens (tertiary/aromatic N) is 1. The SMILES string of the molecule is COc1cc(C=CC(=O)Oc2cc3c4c(c2)C(C)=CC(C)(C)N4C(=O)C3=O)cc(OC)c1OC. The Balaban J connectivity index is 1.63. The number of esters is 1. The van der Waals surface area contributed by atoms with E-state index in [2.05, 4.69) is 0 Å². The standard InChI is InChI=1S/C26H25NO7/c1-14-13-26(2,3)27-22-17(14)11-16(12-18(22)23(29)25(27)30)34-21(28)8-7-15-9-19(31-4)24(33-6)20(10-15)32-5/h7-13H,1-6H3. The molecule has 0 N–H and O–H groups in total. The van der Waals surface area contributed by atoms with Gasteiger partial charge >= 0.3 is 5.97 Å². The van der Waals surface area contributed by atoms with Gasteiger partial charge in [0.1, 0.15) is 5.75 Å². The number of hydrogen-bond acceptors (Lipinski definition) is 7. The van der Waals surface area contributed by atoms with Crippen LogP contribution in [0, 0.1) is 0 Å². The molecule has 4 rings (SSSR count). The number of ether oxygens (including phenoxy) is 4. The molecule has 0 bridgehead atoms. The third-order valence-corrected chi connectivity index (χ3v) is 5.84. The molecule has 8 nitrogen and oxygen atoms in total. The average Bonchev–Trinajstić information content (AvgIpc) is 3.06. The van der Waals surface area contributed by atoms with Gasteiger partial charge < -0.3 is 18.9 Å². The highest BCUT2D eigenvalue weighted by molar-refractivity contribution is 6.53. The number of benzene rings is 2. The average molecular weight is 463 g/mol. The van der Waals surface area contributed by atoms with E-state index in [-0.39, 0.29) is 11.3 Å². The predicted octanol–water partition coefficient (Wildman–Crippen LogP) is 4.06. The van der Waals surface area contributed by atoms with Gasteiger partial charge in [-0.05, 0) is 62.2 Å². The lowest BCUT2D eigenvalue weighted by Gasteiger charge is -2.38. The van der Waals surface area contributed by atoms with Crippen molar-refractivity contribution in [3.05, 3.63) is 53.1 Å². The second-order valence-electron chi connectivity index (χ2n) is 8.53. The molecule has 0 radical (unpaired) electrons. The molecule has 2 heterocycles. The quantitative estimate of drug-likeness (QED) is 0.276. The van der Waals surface area contributed by atoms with Crippen molar-refractivity contribution >= 4 is 35.0 Å². The fraction of sp³-hybridized carbons (Fsp3) is 0.269. The number of allylic oxidation sites excluding steroid dienone is 1. The van der Waals surface area contributed by atoms with E-state index in [1.54, 1.807) is 24.3 Å². The lowest BCUT2D eigenvalue weighted by atomic mass is 9.89. The summed E-state index contributed by atoms with van der Waals surface area (Å²) in [6, 6.07) is 6.50. The summed E-state index contributed by atoms with van der Waals surface area (Å²) >= 11 is 0. The molecule has 0 aliphatic carbocycles. The van der Waals surface area contributed by atoms with E-state index >= 15 is 0 Å². The maximum atomic E-state index is 12.7. The minimum atomic E-state index is -0.646. The summed E-state index contributed by atoms with van der Waals surface area (Å²) in [5.74, 6) is -0.321. The lowest BCUT2D eigenvalue weighted by Crippen LogP contribution is -2.47. The van der Waals surface area contributed by atoms with Crippen LogP contribution in [0.4, 0.5) is 5.69 Å². The molecular formula is C26H25NO7. The molecule has 8 heteroatoms.